The first-order valence-corrected chi connectivity index (χ1v) is 9.77. The zero-order valence-electron chi connectivity index (χ0n) is 15.9. The molecule has 0 saturated carbocycles. The van der Waals surface area contributed by atoms with E-state index in [4.69, 9.17) is 15.2 Å². The van der Waals surface area contributed by atoms with Gasteiger partial charge in [0.15, 0.2) is 11.4 Å². The third kappa shape index (κ3) is 3.87. The number of nitrogens with two attached hydrogens (primary N) is 1. The van der Waals surface area contributed by atoms with Crippen LogP contribution < -0.4 is 15.2 Å². The fourth-order valence-corrected chi connectivity index (χ4v) is 3.52. The number of esters is 1. The summed E-state index contributed by atoms with van der Waals surface area (Å²) in [5.74, 6) is -0.472. The largest absolute Gasteiger partial charge is 0.494 e. The van der Waals surface area contributed by atoms with Gasteiger partial charge in [-0.25, -0.2) is 27.9 Å². The molecule has 3 rings (SSSR count). The number of benzene rings is 1. The molecule has 0 aliphatic rings. The first kappa shape index (κ1) is 20.6. The van der Waals surface area contributed by atoms with Gasteiger partial charge in [0.1, 0.15) is 6.07 Å². The molecule has 0 atom stereocenters. The Balaban J connectivity index is 1.93. The Morgan fingerprint density at radius 3 is 2.37 bits per heavy atom. The third-order valence-electron chi connectivity index (χ3n) is 4.06. The highest BCUT2D eigenvalue weighted by Gasteiger charge is 2.22. The number of ether oxygens (including phenoxy) is 2. The lowest BCUT2D eigenvalue weighted by molar-refractivity contribution is 0.0593. The van der Waals surface area contributed by atoms with Crippen LogP contribution in [-0.2, 0) is 14.8 Å². The molecule has 0 aliphatic heterocycles. The maximum Gasteiger partial charge on any atom is 0.357 e. The summed E-state index contributed by atoms with van der Waals surface area (Å²) in [4.78, 5) is 19.7. The quantitative estimate of drug-likeness (QED) is 0.551. The van der Waals surface area contributed by atoms with Crippen LogP contribution in [0.25, 0.3) is 5.69 Å². The highest BCUT2D eigenvalue weighted by molar-refractivity contribution is 7.92. The Hall–Kier alpha value is -4.11. The molecule has 30 heavy (non-hydrogen) atoms. The molecule has 0 unspecified atom stereocenters. The van der Waals surface area contributed by atoms with Gasteiger partial charge in [-0.05, 0) is 24.3 Å². The van der Waals surface area contributed by atoms with Crippen molar-refractivity contribution in [3.63, 3.8) is 0 Å². The van der Waals surface area contributed by atoms with E-state index in [1.807, 2.05) is 6.07 Å². The molecule has 3 aromatic rings. The Morgan fingerprint density at radius 2 is 1.83 bits per heavy atom. The lowest BCUT2D eigenvalue weighted by Crippen LogP contribution is -2.15. The van der Waals surface area contributed by atoms with Gasteiger partial charge in [-0.1, -0.05) is 0 Å². The molecule has 0 radical (unpaired) electrons. The van der Waals surface area contributed by atoms with Crippen LogP contribution in [0.3, 0.4) is 0 Å². The molecule has 0 spiro atoms. The highest BCUT2D eigenvalue weighted by atomic mass is 32.2. The van der Waals surface area contributed by atoms with Crippen molar-refractivity contribution in [3.05, 3.63) is 54.1 Å². The minimum atomic E-state index is -3.96. The number of carbonyl (C=O) groups is 1. The number of carbonyl (C=O) groups excluding carboxylic acids is 1. The van der Waals surface area contributed by atoms with Crippen molar-refractivity contribution in [2.45, 2.75) is 4.90 Å². The zero-order valence-corrected chi connectivity index (χ0v) is 16.7. The fourth-order valence-electron chi connectivity index (χ4n) is 2.56. The lowest BCUT2D eigenvalue weighted by atomic mass is 10.2. The van der Waals surface area contributed by atoms with Gasteiger partial charge >= 0.3 is 5.97 Å². The summed E-state index contributed by atoms with van der Waals surface area (Å²) in [6.45, 7) is 0. The predicted molar refractivity (Wildman–Crippen MR) is 106 cm³/mol. The van der Waals surface area contributed by atoms with Gasteiger partial charge in [-0.3, -0.25) is 0 Å². The van der Waals surface area contributed by atoms with Gasteiger partial charge in [0.25, 0.3) is 10.0 Å². The van der Waals surface area contributed by atoms with E-state index in [1.165, 1.54) is 61.6 Å². The molecule has 12 heteroatoms. The molecule has 1 aromatic carbocycles. The summed E-state index contributed by atoms with van der Waals surface area (Å²) in [5.41, 5.74) is 6.29. The standard InChI is InChI=1S/C18H16N6O5S/c1-28-13-8-21-18(22-9-13)23-30(26,27)14-5-3-12(4-6-14)24-10-11(7-19)15(20)16(24)17(25)29-2/h3-6,8-10H,20H2,1-2H3,(H,21,22,23). The maximum absolute atomic E-state index is 12.6. The van der Waals surface area contributed by atoms with Gasteiger partial charge in [-0.2, -0.15) is 5.26 Å². The van der Waals surface area contributed by atoms with E-state index in [2.05, 4.69) is 14.7 Å². The van der Waals surface area contributed by atoms with Gasteiger partial charge < -0.3 is 19.8 Å². The topological polar surface area (TPSA) is 162 Å². The number of nitrogen functional groups attached to an aromatic ring is 1. The molecule has 0 aliphatic carbocycles. The summed E-state index contributed by atoms with van der Waals surface area (Å²) >= 11 is 0. The van der Waals surface area contributed by atoms with Crippen molar-refractivity contribution in [1.82, 2.24) is 14.5 Å². The van der Waals surface area contributed by atoms with Crippen molar-refractivity contribution < 1.29 is 22.7 Å². The van der Waals surface area contributed by atoms with E-state index in [9.17, 15) is 18.5 Å². The predicted octanol–water partition coefficient (Wildman–Crippen LogP) is 1.32. The Bertz CT molecular complexity index is 1230. The fraction of sp³-hybridized carbons (Fsp3) is 0.111. The van der Waals surface area contributed by atoms with E-state index in [0.717, 1.165) is 0 Å². The highest BCUT2D eigenvalue weighted by Crippen LogP contribution is 2.25. The number of hydrogen-bond donors (Lipinski definition) is 2. The monoisotopic (exact) mass is 428 g/mol. The molecule has 0 amide bonds. The molecule has 3 N–H and O–H groups in total. The summed E-state index contributed by atoms with van der Waals surface area (Å²) in [5, 5.41) is 9.18. The number of methoxy groups -OCH3 is 2. The average molecular weight is 428 g/mol. The third-order valence-corrected chi connectivity index (χ3v) is 5.40. The minimum Gasteiger partial charge on any atom is -0.494 e. The lowest BCUT2D eigenvalue weighted by Gasteiger charge is -2.10. The average Bonchev–Trinajstić information content (AvgIpc) is 3.10. The number of sulfonamides is 1. The molecule has 0 fully saturated rings. The number of aromatic nitrogens is 3. The molecule has 2 aromatic heterocycles. The van der Waals surface area contributed by atoms with Crippen molar-refractivity contribution in [3.8, 4) is 17.5 Å². The number of nitriles is 1. The number of nitrogens with zero attached hydrogens (tertiary/aromatic N) is 4. The number of anilines is 2. The van der Waals surface area contributed by atoms with Crippen LogP contribution in [0, 0.1) is 11.3 Å². The van der Waals surface area contributed by atoms with Crippen LogP contribution in [0.2, 0.25) is 0 Å². The summed E-state index contributed by atoms with van der Waals surface area (Å²) in [7, 11) is -1.34. The Morgan fingerprint density at radius 1 is 1.20 bits per heavy atom. The van der Waals surface area contributed by atoms with Gasteiger partial charge in [0, 0.05) is 11.9 Å². The van der Waals surface area contributed by atoms with Crippen molar-refractivity contribution in [2.75, 3.05) is 24.7 Å². The Kier molecular flexibility index (Phi) is 5.56. The van der Waals surface area contributed by atoms with Gasteiger partial charge in [-0.15, -0.1) is 0 Å². The molecule has 154 valence electrons. The van der Waals surface area contributed by atoms with E-state index in [1.54, 1.807) is 0 Å². The van der Waals surface area contributed by atoms with E-state index in [0.29, 0.717) is 11.4 Å². The molecule has 11 nitrogen and oxygen atoms in total. The number of nitrogens with one attached hydrogen (secondary N) is 1. The summed E-state index contributed by atoms with van der Waals surface area (Å²) in [6.07, 6.45) is 4.02. The second-order valence-corrected chi connectivity index (χ2v) is 7.51. The van der Waals surface area contributed by atoms with E-state index >= 15 is 0 Å². The molecular weight excluding hydrogens is 412 g/mol. The second kappa shape index (κ2) is 8.10. The van der Waals surface area contributed by atoms with Crippen LogP contribution >= 0.6 is 0 Å². The maximum atomic E-state index is 12.6. The summed E-state index contributed by atoms with van der Waals surface area (Å²) in [6, 6.07) is 7.45. The van der Waals surface area contributed by atoms with Crippen LogP contribution in [-0.4, -0.2) is 43.1 Å². The van der Waals surface area contributed by atoms with Crippen LogP contribution in [0.4, 0.5) is 11.6 Å². The van der Waals surface area contributed by atoms with Crippen molar-refractivity contribution >= 4 is 27.6 Å². The van der Waals surface area contributed by atoms with Crippen LogP contribution in [0.1, 0.15) is 16.1 Å². The SMILES string of the molecule is COC(=O)c1c(N)c(C#N)cn1-c1ccc(S(=O)(=O)Nc2ncc(OC)cn2)cc1. The van der Waals surface area contributed by atoms with Gasteiger partial charge in [0.2, 0.25) is 5.95 Å². The molecule has 0 bridgehead atoms. The molecule has 0 saturated heterocycles. The van der Waals surface area contributed by atoms with Crippen LogP contribution in [0.5, 0.6) is 5.75 Å². The van der Waals surface area contributed by atoms with Crippen LogP contribution in [0.15, 0.2) is 47.8 Å². The van der Waals surface area contributed by atoms with Crippen molar-refractivity contribution in [2.24, 2.45) is 0 Å². The molecule has 2 heterocycles. The van der Waals surface area contributed by atoms with Gasteiger partial charge in [0.05, 0.1) is 42.8 Å². The minimum absolute atomic E-state index is 0.0284. The Labute approximate surface area is 171 Å². The number of hydrogen-bond acceptors (Lipinski definition) is 9. The smallest absolute Gasteiger partial charge is 0.357 e. The normalized spacial score (nSPS) is 10.8. The first-order valence-electron chi connectivity index (χ1n) is 8.29. The number of rotatable bonds is 6. The summed E-state index contributed by atoms with van der Waals surface area (Å²) < 4.78 is 38.4. The van der Waals surface area contributed by atoms with E-state index in [-0.39, 0.29) is 27.8 Å². The first-order chi connectivity index (χ1) is 14.3. The zero-order chi connectivity index (χ0) is 21.9. The second-order valence-electron chi connectivity index (χ2n) is 5.82. The molecular formula is C18H16N6O5S. The van der Waals surface area contributed by atoms with Crippen molar-refractivity contribution in [1.29, 1.82) is 5.26 Å². The van der Waals surface area contributed by atoms with E-state index < -0.39 is 16.0 Å².